The summed E-state index contributed by atoms with van der Waals surface area (Å²) in [5.74, 6) is 1.33. The minimum Gasteiger partial charge on any atom is -0.406 e. The molecule has 1 aromatic heterocycles. The quantitative estimate of drug-likeness (QED) is 0.147. The molecule has 0 saturated carbocycles. The van der Waals surface area contributed by atoms with Gasteiger partial charge in [-0.2, -0.15) is 10.1 Å². The standard InChI is InChI=1S/C30H24F3N7OS2/c1-18-4-3-5-25-26(18)19(2)14-23-16-43-29(40(23)25)36-28(42)37-35-15-20-6-8-21(9-7-20)27-34-17-39(38-27)22-10-12-24(13-11-22)41-30(31,32)33/h3-15,17,19H,16H2,1-2H3,(H,37,42)/b35-15+,36-29?. The number of anilines is 1. The summed E-state index contributed by atoms with van der Waals surface area (Å²) in [5.41, 5.74) is 9.88. The third kappa shape index (κ3) is 6.32. The van der Waals surface area contributed by atoms with Gasteiger partial charge in [0.05, 0.1) is 17.6 Å². The number of aryl methyl sites for hydroxylation is 1. The zero-order chi connectivity index (χ0) is 30.1. The lowest BCUT2D eigenvalue weighted by atomic mass is 9.90. The number of aromatic nitrogens is 3. The highest BCUT2D eigenvalue weighted by atomic mass is 32.2. The Hall–Kier alpha value is -4.49. The number of nitrogens with one attached hydrogen (secondary N) is 1. The second-order valence-electron chi connectivity index (χ2n) is 9.82. The molecular formula is C30H24F3N7OS2. The van der Waals surface area contributed by atoms with E-state index in [0.717, 1.165) is 27.7 Å². The Morgan fingerprint density at radius 1 is 1.12 bits per heavy atom. The molecule has 4 aromatic rings. The smallest absolute Gasteiger partial charge is 0.406 e. The third-order valence-corrected chi connectivity index (χ3v) is 7.99. The number of hydrogen-bond acceptors (Lipinski definition) is 6. The van der Waals surface area contributed by atoms with Gasteiger partial charge < -0.3 is 4.74 Å². The zero-order valence-electron chi connectivity index (χ0n) is 22.9. The number of thiocarbonyl (C=S) groups is 1. The monoisotopic (exact) mass is 619 g/mol. The first kappa shape index (κ1) is 28.6. The summed E-state index contributed by atoms with van der Waals surface area (Å²) in [5, 5.41) is 9.76. The first-order valence-corrected chi connectivity index (χ1v) is 14.6. The Balaban J connectivity index is 1.08. The fourth-order valence-electron chi connectivity index (χ4n) is 4.99. The van der Waals surface area contributed by atoms with Crippen LogP contribution in [0, 0.1) is 6.92 Å². The number of halogens is 3. The predicted octanol–water partition coefficient (Wildman–Crippen LogP) is 6.96. The number of allylic oxidation sites excluding steroid dienone is 1. The van der Waals surface area contributed by atoms with Crippen LogP contribution in [0.15, 0.2) is 94.9 Å². The van der Waals surface area contributed by atoms with Gasteiger partial charge in [0.1, 0.15) is 12.1 Å². The molecule has 0 spiro atoms. The van der Waals surface area contributed by atoms with Gasteiger partial charge in [-0.3, -0.25) is 10.3 Å². The molecule has 1 atom stereocenters. The lowest BCUT2D eigenvalue weighted by Gasteiger charge is -2.31. The molecule has 1 unspecified atom stereocenters. The summed E-state index contributed by atoms with van der Waals surface area (Å²) in [7, 11) is 0. The first-order chi connectivity index (χ1) is 20.6. The van der Waals surface area contributed by atoms with Crippen molar-refractivity contribution in [2.75, 3.05) is 10.7 Å². The second kappa shape index (κ2) is 11.7. The van der Waals surface area contributed by atoms with Crippen LogP contribution in [0.3, 0.4) is 0 Å². The number of hydrazone groups is 1. The van der Waals surface area contributed by atoms with Crippen LogP contribution in [-0.2, 0) is 0 Å². The van der Waals surface area contributed by atoms with Crippen molar-refractivity contribution in [3.8, 4) is 22.8 Å². The Morgan fingerprint density at radius 3 is 2.63 bits per heavy atom. The molecule has 1 N–H and O–H groups in total. The molecule has 1 saturated heterocycles. The van der Waals surface area contributed by atoms with Gasteiger partial charge in [0.2, 0.25) is 5.11 Å². The number of alkyl halides is 3. The van der Waals surface area contributed by atoms with Crippen LogP contribution >= 0.6 is 24.0 Å². The van der Waals surface area contributed by atoms with Crippen molar-refractivity contribution in [3.63, 3.8) is 0 Å². The van der Waals surface area contributed by atoms with Crippen molar-refractivity contribution in [1.82, 2.24) is 20.2 Å². The maximum absolute atomic E-state index is 12.4. The molecule has 2 aliphatic rings. The summed E-state index contributed by atoms with van der Waals surface area (Å²) in [6, 6.07) is 19.1. The van der Waals surface area contributed by atoms with E-state index in [-0.39, 0.29) is 10.9 Å². The van der Waals surface area contributed by atoms with Gasteiger partial charge in [0, 0.05) is 22.9 Å². The van der Waals surface area contributed by atoms with Crippen molar-refractivity contribution in [1.29, 1.82) is 0 Å². The zero-order valence-corrected chi connectivity index (χ0v) is 24.5. The molecule has 6 rings (SSSR count). The highest BCUT2D eigenvalue weighted by Gasteiger charge is 2.33. The normalized spacial score (nSPS) is 17.1. The van der Waals surface area contributed by atoms with Crippen LogP contribution in [0.5, 0.6) is 5.75 Å². The number of hydrogen-bond donors (Lipinski definition) is 1. The highest BCUT2D eigenvalue weighted by molar-refractivity contribution is 8.14. The number of amidine groups is 1. The minimum absolute atomic E-state index is 0.261. The predicted molar refractivity (Wildman–Crippen MR) is 167 cm³/mol. The lowest BCUT2D eigenvalue weighted by Crippen LogP contribution is -2.29. The average molecular weight is 620 g/mol. The Bertz CT molecular complexity index is 1760. The van der Waals surface area contributed by atoms with Gasteiger partial charge >= 0.3 is 6.36 Å². The molecule has 13 heteroatoms. The number of thioether (sulfide) groups is 1. The molecule has 0 radical (unpaired) electrons. The Morgan fingerprint density at radius 2 is 1.88 bits per heavy atom. The Labute approximate surface area is 255 Å². The molecular weight excluding hydrogens is 596 g/mol. The molecule has 0 aliphatic carbocycles. The number of ether oxygens (including phenoxy) is 1. The van der Waals surface area contributed by atoms with Gasteiger partial charge in [0.15, 0.2) is 11.0 Å². The molecule has 3 heterocycles. The van der Waals surface area contributed by atoms with Gasteiger partial charge in [0.25, 0.3) is 0 Å². The molecule has 0 amide bonds. The van der Waals surface area contributed by atoms with E-state index in [4.69, 9.17) is 12.2 Å². The molecule has 8 nitrogen and oxygen atoms in total. The van der Waals surface area contributed by atoms with Gasteiger partial charge in [-0.05, 0) is 66.2 Å². The molecule has 0 bridgehead atoms. The number of aliphatic imine (C=N–C) groups is 1. The van der Waals surface area contributed by atoms with Crippen LogP contribution in [0.2, 0.25) is 0 Å². The largest absolute Gasteiger partial charge is 0.573 e. The van der Waals surface area contributed by atoms with Gasteiger partial charge in [-0.25, -0.2) is 9.67 Å². The van der Waals surface area contributed by atoms with Crippen LogP contribution in [0.1, 0.15) is 29.5 Å². The van der Waals surface area contributed by atoms with E-state index in [1.165, 1.54) is 52.1 Å². The number of fused-ring (bicyclic) bond motifs is 3. The summed E-state index contributed by atoms with van der Waals surface area (Å²) in [6.07, 6.45) is 0.673. The Kier molecular flexibility index (Phi) is 7.75. The third-order valence-electron chi connectivity index (χ3n) is 6.83. The van der Waals surface area contributed by atoms with E-state index in [1.54, 1.807) is 18.0 Å². The summed E-state index contributed by atoms with van der Waals surface area (Å²) in [4.78, 5) is 11.1. The summed E-state index contributed by atoms with van der Waals surface area (Å²) < 4.78 is 42.6. The maximum atomic E-state index is 12.4. The van der Waals surface area contributed by atoms with E-state index in [0.29, 0.717) is 17.4 Å². The maximum Gasteiger partial charge on any atom is 0.573 e. The van der Waals surface area contributed by atoms with E-state index < -0.39 is 6.36 Å². The molecule has 3 aromatic carbocycles. The van der Waals surface area contributed by atoms with E-state index in [9.17, 15) is 13.2 Å². The lowest BCUT2D eigenvalue weighted by molar-refractivity contribution is -0.274. The highest BCUT2D eigenvalue weighted by Crippen LogP contribution is 2.44. The minimum atomic E-state index is -4.75. The first-order valence-electron chi connectivity index (χ1n) is 13.2. The van der Waals surface area contributed by atoms with Crippen molar-refractivity contribution in [2.45, 2.75) is 26.1 Å². The fourth-order valence-corrected chi connectivity index (χ4v) is 6.19. The van der Waals surface area contributed by atoms with Crippen LogP contribution in [-0.4, -0.2) is 43.4 Å². The fraction of sp³-hybridized carbons (Fsp3) is 0.167. The molecule has 1 fully saturated rings. The molecule has 2 aliphatic heterocycles. The summed E-state index contributed by atoms with van der Waals surface area (Å²) in [6.45, 7) is 4.35. The molecule has 218 valence electrons. The van der Waals surface area contributed by atoms with Crippen molar-refractivity contribution in [3.05, 3.63) is 102 Å². The van der Waals surface area contributed by atoms with Gasteiger partial charge in [-0.1, -0.05) is 61.2 Å². The topological polar surface area (TPSA) is 79.9 Å². The van der Waals surface area contributed by atoms with Gasteiger partial charge in [-0.15, -0.1) is 18.3 Å². The van der Waals surface area contributed by atoms with Crippen LogP contribution in [0.25, 0.3) is 17.1 Å². The van der Waals surface area contributed by atoms with Crippen molar-refractivity contribution in [2.24, 2.45) is 10.1 Å². The number of nitrogens with zero attached hydrogens (tertiary/aromatic N) is 6. The van der Waals surface area contributed by atoms with Crippen molar-refractivity contribution >= 4 is 46.2 Å². The van der Waals surface area contributed by atoms with E-state index in [1.807, 2.05) is 24.3 Å². The van der Waals surface area contributed by atoms with E-state index >= 15 is 0 Å². The number of rotatable bonds is 5. The average Bonchev–Trinajstić information content (AvgIpc) is 3.61. The molecule has 43 heavy (non-hydrogen) atoms. The van der Waals surface area contributed by atoms with Crippen LogP contribution in [0.4, 0.5) is 18.9 Å². The van der Waals surface area contributed by atoms with Crippen molar-refractivity contribution < 1.29 is 17.9 Å². The van der Waals surface area contributed by atoms with Crippen LogP contribution < -0.4 is 15.1 Å². The van der Waals surface area contributed by atoms with E-state index in [2.05, 4.69) is 73.4 Å². The second-order valence-corrected chi connectivity index (χ2v) is 11.2. The SMILES string of the molecule is Cc1cccc2c1C(C)C=C1CSC(=NC(=S)N/N=C/c3ccc(-c4ncn(-c5ccc(OC(F)(F)F)cc5)n4)cc3)N12. The number of benzene rings is 3. The summed E-state index contributed by atoms with van der Waals surface area (Å²) >= 11 is 7.11.